The molecule has 0 aliphatic heterocycles. The minimum atomic E-state index is -2.73. The molecule has 23 heavy (non-hydrogen) atoms. The minimum Gasteiger partial charge on any atom is -0.464 e. The van der Waals surface area contributed by atoms with E-state index in [1.807, 2.05) is 6.07 Å². The number of carbonyl (C=O) groups excluding carboxylic acids is 1. The summed E-state index contributed by atoms with van der Waals surface area (Å²) >= 11 is 0. The van der Waals surface area contributed by atoms with Crippen LogP contribution in [0.1, 0.15) is 51.2 Å². The van der Waals surface area contributed by atoms with E-state index >= 15 is 0 Å². The molecule has 0 radical (unpaired) electrons. The lowest BCUT2D eigenvalue weighted by Gasteiger charge is -2.22. The van der Waals surface area contributed by atoms with Crippen LogP contribution in [-0.4, -0.2) is 43.6 Å². The molecule has 0 aromatic heterocycles. The Morgan fingerprint density at radius 3 is 2.48 bits per heavy atom. The predicted molar refractivity (Wildman–Crippen MR) is 95.4 cm³/mol. The summed E-state index contributed by atoms with van der Waals surface area (Å²) in [6.07, 6.45) is -2.30. The Bertz CT molecular complexity index is 578. The van der Waals surface area contributed by atoms with E-state index in [1.54, 1.807) is 38.1 Å². The first kappa shape index (κ1) is 14.0. The largest absolute Gasteiger partial charge is 0.464 e. The van der Waals surface area contributed by atoms with Crippen molar-refractivity contribution < 1.29 is 15.0 Å². The van der Waals surface area contributed by atoms with Crippen molar-refractivity contribution in [3.63, 3.8) is 0 Å². The maximum Gasteiger partial charge on any atom is 0.327 e. The number of benzene rings is 1. The average molecular weight is 325 g/mol. The second kappa shape index (κ2) is 11.2. The zero-order chi connectivity index (χ0) is 20.7. The molecule has 0 saturated carbocycles. The first-order valence-corrected chi connectivity index (χ1v) is 8.30. The minimum absolute atomic E-state index is 0.524. The first-order valence-electron chi connectivity index (χ1n) is 10.3. The van der Waals surface area contributed by atoms with E-state index in [0.29, 0.717) is 12.1 Å². The number of rotatable bonds is 11. The van der Waals surface area contributed by atoms with E-state index < -0.39 is 30.9 Å². The van der Waals surface area contributed by atoms with Crippen molar-refractivity contribution in [2.45, 2.75) is 40.1 Å². The van der Waals surface area contributed by atoms with Gasteiger partial charge >= 0.3 is 5.97 Å². The molecule has 4 nitrogen and oxygen atoms in total. The van der Waals surface area contributed by atoms with E-state index in [0.717, 1.165) is 19.6 Å². The molecular weight excluding hydrogens is 288 g/mol. The molecule has 4 heteroatoms. The summed E-state index contributed by atoms with van der Waals surface area (Å²) in [6.45, 7) is 7.58. The van der Waals surface area contributed by atoms with Crippen LogP contribution in [0.5, 0.6) is 0 Å². The van der Waals surface area contributed by atoms with Crippen LogP contribution >= 0.6 is 0 Å². The molecule has 1 rings (SSSR count). The molecule has 0 fully saturated rings. The third-order valence-electron chi connectivity index (χ3n) is 3.54. The number of nitrogens with zero attached hydrogens (tertiary/aromatic N) is 1. The molecule has 0 saturated heterocycles. The summed E-state index contributed by atoms with van der Waals surface area (Å²) in [7, 11) is 0. The number of carbonyl (C=O) groups is 1. The number of likely N-dealkylation sites (N-methyl/N-ethyl adjacent to an activating group) is 1. The van der Waals surface area contributed by atoms with Gasteiger partial charge in [0.05, 0.1) is 9.30 Å². The molecule has 0 amide bonds. The molecule has 1 N–H and O–H groups in total. The monoisotopic (exact) mass is 324 g/mol. The van der Waals surface area contributed by atoms with Gasteiger partial charge in [-0.15, -0.1) is 0 Å². The zero-order valence-electron chi connectivity index (χ0n) is 18.6. The second-order valence-corrected chi connectivity index (χ2v) is 5.65. The van der Waals surface area contributed by atoms with Crippen molar-refractivity contribution in [1.82, 2.24) is 10.2 Å². The smallest absolute Gasteiger partial charge is 0.327 e. The second-order valence-electron chi connectivity index (χ2n) is 5.65. The Morgan fingerprint density at radius 1 is 1.26 bits per heavy atom. The third kappa shape index (κ3) is 7.62. The molecule has 130 valence electrons. The summed E-state index contributed by atoms with van der Waals surface area (Å²) in [5.41, 5.74) is 0.656. The van der Waals surface area contributed by atoms with Crippen molar-refractivity contribution in [3.8, 4) is 0 Å². The Labute approximate surface area is 146 Å². The van der Waals surface area contributed by atoms with Gasteiger partial charge in [0.15, 0.2) is 0 Å². The van der Waals surface area contributed by atoms with Gasteiger partial charge < -0.3 is 9.64 Å². The molecule has 1 atom stereocenters. The van der Waals surface area contributed by atoms with Crippen molar-refractivity contribution in [2.75, 3.05) is 32.7 Å². The Morgan fingerprint density at radius 2 is 1.91 bits per heavy atom. The summed E-state index contributed by atoms with van der Waals surface area (Å²) in [5.74, 6) is -1.47. The fourth-order valence-corrected chi connectivity index (χ4v) is 2.15. The topological polar surface area (TPSA) is 41.6 Å². The first-order chi connectivity index (χ1) is 12.6. The van der Waals surface area contributed by atoms with Crippen LogP contribution in [0.25, 0.3) is 0 Å². The van der Waals surface area contributed by atoms with Gasteiger partial charge in [-0.25, -0.2) is 4.79 Å². The fraction of sp³-hybridized carbons (Fsp3) is 0.632. The molecular formula is C19H32N2O2. The van der Waals surface area contributed by atoms with Gasteiger partial charge in [-0.2, -0.15) is 0 Å². The number of hydrogen-bond acceptors (Lipinski definition) is 4. The lowest BCUT2D eigenvalue weighted by Crippen LogP contribution is -2.37. The average Bonchev–Trinajstić information content (AvgIpc) is 2.61. The van der Waals surface area contributed by atoms with E-state index in [9.17, 15) is 4.79 Å². The molecule has 0 spiro atoms. The summed E-state index contributed by atoms with van der Waals surface area (Å²) in [5, 5.41) is 3.13. The molecule has 1 unspecified atom stereocenters. The Hall–Kier alpha value is -1.39. The molecule has 0 bridgehead atoms. The summed E-state index contributed by atoms with van der Waals surface area (Å²) < 4.78 is 36.9. The van der Waals surface area contributed by atoms with Crippen LogP contribution in [0.4, 0.5) is 0 Å². The third-order valence-corrected chi connectivity index (χ3v) is 3.54. The van der Waals surface area contributed by atoms with Gasteiger partial charge in [0.2, 0.25) is 0 Å². The van der Waals surface area contributed by atoms with Crippen molar-refractivity contribution in [1.29, 1.82) is 0 Å². The number of esters is 1. The quantitative estimate of drug-likeness (QED) is 0.635. The van der Waals surface area contributed by atoms with Crippen LogP contribution in [0, 0.1) is 5.92 Å². The van der Waals surface area contributed by atoms with Gasteiger partial charge in [0, 0.05) is 15.8 Å². The SMILES string of the molecule is [2H]C([2H])(OC(=O)C(NCCN(CC)CC)c1ccccc1)C([2H])([2H])C(C)C. The lowest BCUT2D eigenvalue weighted by atomic mass is 10.1. The van der Waals surface area contributed by atoms with Crippen LogP contribution in [0.2, 0.25) is 0 Å². The predicted octanol–water partition coefficient (Wildman–Crippen LogP) is 3.25. The highest BCUT2D eigenvalue weighted by atomic mass is 16.5. The highest BCUT2D eigenvalue weighted by molar-refractivity contribution is 5.77. The normalized spacial score (nSPS) is 16.4. The highest BCUT2D eigenvalue weighted by Crippen LogP contribution is 2.15. The standard InChI is InChI=1S/C19H32N2O2/c1-5-21(6-2)14-13-20-18(17-10-8-7-9-11-17)19(22)23-15-12-16(3)4/h7-11,16,18,20H,5-6,12-15H2,1-4H3/i12D2,15D2. The van der Waals surface area contributed by atoms with Gasteiger partial charge in [-0.3, -0.25) is 5.32 Å². The lowest BCUT2D eigenvalue weighted by molar-refractivity contribution is -0.146. The van der Waals surface area contributed by atoms with Crippen molar-refractivity contribution in [2.24, 2.45) is 5.92 Å². The van der Waals surface area contributed by atoms with Gasteiger partial charge in [-0.1, -0.05) is 58.0 Å². The number of hydrogen-bond donors (Lipinski definition) is 1. The van der Waals surface area contributed by atoms with Crippen LogP contribution in [0.3, 0.4) is 0 Å². The molecule has 1 aromatic carbocycles. The van der Waals surface area contributed by atoms with E-state index in [2.05, 4.69) is 24.1 Å². The van der Waals surface area contributed by atoms with Crippen molar-refractivity contribution >= 4 is 5.97 Å². The molecule has 0 aliphatic carbocycles. The van der Waals surface area contributed by atoms with E-state index in [4.69, 9.17) is 10.2 Å². The highest BCUT2D eigenvalue weighted by Gasteiger charge is 2.21. The molecule has 1 aromatic rings. The van der Waals surface area contributed by atoms with Gasteiger partial charge in [0.1, 0.15) is 6.04 Å². The fourth-order valence-electron chi connectivity index (χ4n) is 2.15. The summed E-state index contributed by atoms with van der Waals surface area (Å²) in [6, 6.07) is 8.09. The molecule has 0 aliphatic rings. The zero-order valence-corrected chi connectivity index (χ0v) is 14.6. The molecule has 0 heterocycles. The maximum atomic E-state index is 12.7. The van der Waals surface area contributed by atoms with Gasteiger partial charge in [0.25, 0.3) is 0 Å². The summed E-state index contributed by atoms with van der Waals surface area (Å²) in [4.78, 5) is 14.9. The number of nitrogens with one attached hydrogen (secondary N) is 1. The van der Waals surface area contributed by atoms with Crippen LogP contribution < -0.4 is 5.32 Å². The van der Waals surface area contributed by atoms with Gasteiger partial charge in [-0.05, 0) is 30.9 Å². The number of ether oxygens (including phenoxy) is 1. The maximum absolute atomic E-state index is 12.7. The Balaban J connectivity index is 2.94. The van der Waals surface area contributed by atoms with E-state index in [1.165, 1.54) is 0 Å². The van der Waals surface area contributed by atoms with E-state index in [-0.39, 0.29) is 0 Å². The Kier molecular flexibility index (Phi) is 6.81. The van der Waals surface area contributed by atoms with Crippen LogP contribution in [-0.2, 0) is 9.53 Å². The van der Waals surface area contributed by atoms with Crippen molar-refractivity contribution in [3.05, 3.63) is 35.9 Å². The van der Waals surface area contributed by atoms with Crippen LogP contribution in [0.15, 0.2) is 30.3 Å².